The Morgan fingerprint density at radius 2 is 1.65 bits per heavy atom. The van der Waals surface area contributed by atoms with Crippen molar-refractivity contribution in [2.45, 2.75) is 6.54 Å². The first kappa shape index (κ1) is 25.7. The molecule has 0 spiro atoms. The fourth-order valence-corrected chi connectivity index (χ4v) is 4.03. The van der Waals surface area contributed by atoms with Crippen LogP contribution in [0.2, 0.25) is 5.02 Å². The van der Waals surface area contributed by atoms with Gasteiger partial charge in [-0.05, 0) is 35.9 Å². The highest BCUT2D eigenvalue weighted by Gasteiger charge is 2.37. The third-order valence-corrected chi connectivity index (χ3v) is 6.14. The summed E-state index contributed by atoms with van der Waals surface area (Å²) in [5, 5.41) is 14.5. The third-order valence-electron chi connectivity index (χ3n) is 5.48. The molecule has 4 rings (SSSR count). The smallest absolute Gasteiger partial charge is 0.339 e. The highest BCUT2D eigenvalue weighted by atomic mass is 35.5. The number of halogens is 2. The van der Waals surface area contributed by atoms with Crippen molar-refractivity contribution in [3.05, 3.63) is 99.2 Å². The number of imide groups is 1. The number of rotatable bonds is 8. The number of nitrogens with zero attached hydrogens (tertiary/aromatic N) is 1. The number of anilines is 2. The first-order chi connectivity index (χ1) is 17.7. The van der Waals surface area contributed by atoms with Crippen LogP contribution in [0.25, 0.3) is 0 Å². The van der Waals surface area contributed by atoms with Crippen LogP contribution < -0.4 is 15.4 Å². The molecular weight excluding hydrogens is 521 g/mol. The van der Waals surface area contributed by atoms with E-state index in [9.17, 15) is 24.3 Å². The van der Waals surface area contributed by atoms with Gasteiger partial charge in [-0.3, -0.25) is 19.3 Å². The number of nitrogens with one attached hydrogen (secondary N) is 2. The third kappa shape index (κ3) is 5.42. The SMILES string of the molecule is COc1cc(NC(=O)c2ccc(NC3=C(Cl)C(=O)N(Cc4ccccc4)C3=O)cc2)c(Cl)cc1C(=O)O. The van der Waals surface area contributed by atoms with Crippen molar-refractivity contribution in [1.29, 1.82) is 0 Å². The Morgan fingerprint density at radius 1 is 0.973 bits per heavy atom. The summed E-state index contributed by atoms with van der Waals surface area (Å²) in [7, 11) is 1.30. The van der Waals surface area contributed by atoms with Gasteiger partial charge < -0.3 is 20.5 Å². The molecule has 1 aliphatic rings. The van der Waals surface area contributed by atoms with Gasteiger partial charge in [-0.15, -0.1) is 0 Å². The maximum Gasteiger partial charge on any atom is 0.339 e. The van der Waals surface area contributed by atoms with E-state index >= 15 is 0 Å². The largest absolute Gasteiger partial charge is 0.496 e. The number of aromatic carboxylic acids is 1. The van der Waals surface area contributed by atoms with E-state index in [0.717, 1.165) is 10.5 Å². The molecule has 1 aliphatic heterocycles. The van der Waals surface area contributed by atoms with Crippen LogP contribution >= 0.6 is 23.2 Å². The van der Waals surface area contributed by atoms with E-state index in [1.165, 1.54) is 31.4 Å². The number of ether oxygens (including phenoxy) is 1. The minimum atomic E-state index is -1.22. The Bertz CT molecular complexity index is 1440. The lowest BCUT2D eigenvalue weighted by Crippen LogP contribution is -2.31. The number of carboxylic acids is 1. The topological polar surface area (TPSA) is 125 Å². The molecule has 9 nitrogen and oxygen atoms in total. The first-order valence-corrected chi connectivity index (χ1v) is 11.5. The number of carbonyl (C=O) groups is 4. The van der Waals surface area contributed by atoms with Crippen LogP contribution in [-0.2, 0) is 16.1 Å². The summed E-state index contributed by atoms with van der Waals surface area (Å²) in [6, 6.07) is 17.6. The van der Waals surface area contributed by atoms with Crippen LogP contribution in [0, 0.1) is 0 Å². The fraction of sp³-hybridized carbons (Fsp3) is 0.0769. The Labute approximate surface area is 221 Å². The summed E-state index contributed by atoms with van der Waals surface area (Å²) in [4.78, 5) is 50.5. The number of carboxylic acid groups (broad SMARTS) is 1. The minimum Gasteiger partial charge on any atom is -0.496 e. The van der Waals surface area contributed by atoms with E-state index in [4.69, 9.17) is 27.9 Å². The quantitative estimate of drug-likeness (QED) is 0.353. The second-order valence-corrected chi connectivity index (χ2v) is 8.65. The number of carbonyl (C=O) groups excluding carboxylic acids is 3. The van der Waals surface area contributed by atoms with Crippen molar-refractivity contribution in [2.75, 3.05) is 17.7 Å². The van der Waals surface area contributed by atoms with Gasteiger partial charge in [0.1, 0.15) is 22.0 Å². The summed E-state index contributed by atoms with van der Waals surface area (Å²) < 4.78 is 5.07. The van der Waals surface area contributed by atoms with Crippen LogP contribution in [0.15, 0.2) is 77.5 Å². The van der Waals surface area contributed by atoms with E-state index < -0.39 is 23.7 Å². The van der Waals surface area contributed by atoms with Gasteiger partial charge in [-0.25, -0.2) is 4.79 Å². The molecule has 0 aromatic heterocycles. The molecule has 37 heavy (non-hydrogen) atoms. The molecule has 188 valence electrons. The van der Waals surface area contributed by atoms with Crippen LogP contribution in [0.1, 0.15) is 26.3 Å². The molecular formula is C26H19Cl2N3O6. The molecule has 0 aliphatic carbocycles. The van der Waals surface area contributed by atoms with Crippen molar-refractivity contribution >= 4 is 58.3 Å². The van der Waals surface area contributed by atoms with Crippen molar-refractivity contribution in [3.63, 3.8) is 0 Å². The zero-order valence-corrected chi connectivity index (χ0v) is 20.8. The summed E-state index contributed by atoms with van der Waals surface area (Å²) in [6.45, 7) is 0.0831. The lowest BCUT2D eigenvalue weighted by atomic mass is 10.1. The number of hydrogen-bond acceptors (Lipinski definition) is 6. The molecule has 0 fully saturated rings. The molecule has 0 bridgehead atoms. The minimum absolute atomic E-state index is 0.0240. The normalized spacial score (nSPS) is 13.1. The molecule has 1 heterocycles. The van der Waals surface area contributed by atoms with Gasteiger partial charge >= 0.3 is 5.97 Å². The van der Waals surface area contributed by atoms with Gasteiger partial charge in [0.15, 0.2) is 0 Å². The number of methoxy groups -OCH3 is 1. The Balaban J connectivity index is 1.46. The zero-order chi connectivity index (χ0) is 26.7. The number of amides is 3. The fourth-order valence-electron chi connectivity index (χ4n) is 3.59. The summed E-state index contributed by atoms with van der Waals surface area (Å²) in [5.74, 6) is -2.86. The van der Waals surface area contributed by atoms with Gasteiger partial charge in [0.25, 0.3) is 17.7 Å². The molecule has 0 radical (unpaired) electrons. The average molecular weight is 540 g/mol. The summed E-state index contributed by atoms with van der Waals surface area (Å²) >= 11 is 12.3. The molecule has 3 aromatic rings. The molecule has 0 atom stereocenters. The number of benzene rings is 3. The second-order valence-electron chi connectivity index (χ2n) is 7.86. The number of hydrogen-bond donors (Lipinski definition) is 3. The molecule has 3 N–H and O–H groups in total. The van der Waals surface area contributed by atoms with E-state index in [1.807, 2.05) is 18.2 Å². The van der Waals surface area contributed by atoms with Gasteiger partial charge in [0.05, 0.1) is 24.4 Å². The highest BCUT2D eigenvalue weighted by Crippen LogP contribution is 2.32. The standard InChI is InChI=1S/C26H19Cl2N3O6/c1-37-20-12-19(18(27)11-17(20)26(35)36)30-23(32)15-7-9-16(10-8-15)29-22-21(28)24(33)31(25(22)34)13-14-5-3-2-4-6-14/h2-12,29H,13H2,1H3,(H,30,32)(H,35,36). The van der Waals surface area contributed by atoms with Crippen molar-refractivity contribution < 1.29 is 29.0 Å². The Morgan fingerprint density at radius 3 is 2.27 bits per heavy atom. The van der Waals surface area contributed by atoms with Crippen molar-refractivity contribution in [1.82, 2.24) is 4.90 Å². The van der Waals surface area contributed by atoms with E-state index in [-0.39, 0.29) is 44.9 Å². The van der Waals surface area contributed by atoms with Gasteiger partial charge in [0.2, 0.25) is 0 Å². The predicted molar refractivity (Wildman–Crippen MR) is 138 cm³/mol. The summed E-state index contributed by atoms with van der Waals surface area (Å²) in [6.07, 6.45) is 0. The van der Waals surface area contributed by atoms with Gasteiger partial charge in [-0.2, -0.15) is 0 Å². The molecule has 0 saturated carbocycles. The molecule has 3 aromatic carbocycles. The van der Waals surface area contributed by atoms with Gasteiger partial charge in [-0.1, -0.05) is 53.5 Å². The molecule has 0 saturated heterocycles. The van der Waals surface area contributed by atoms with Gasteiger partial charge in [0, 0.05) is 17.3 Å². The van der Waals surface area contributed by atoms with E-state index in [0.29, 0.717) is 5.69 Å². The second kappa shape index (κ2) is 10.7. The van der Waals surface area contributed by atoms with Crippen LogP contribution in [0.5, 0.6) is 5.75 Å². The van der Waals surface area contributed by atoms with E-state index in [2.05, 4.69) is 10.6 Å². The van der Waals surface area contributed by atoms with Crippen LogP contribution in [0.4, 0.5) is 11.4 Å². The maximum absolute atomic E-state index is 12.8. The molecule has 11 heteroatoms. The van der Waals surface area contributed by atoms with Crippen LogP contribution in [0.3, 0.4) is 0 Å². The predicted octanol–water partition coefficient (Wildman–Crippen LogP) is 4.73. The Kier molecular flexibility index (Phi) is 7.47. The van der Waals surface area contributed by atoms with E-state index in [1.54, 1.807) is 24.3 Å². The maximum atomic E-state index is 12.8. The Hall–Kier alpha value is -4.34. The monoisotopic (exact) mass is 539 g/mol. The van der Waals surface area contributed by atoms with Crippen molar-refractivity contribution in [3.8, 4) is 5.75 Å². The van der Waals surface area contributed by atoms with Crippen LogP contribution in [-0.4, -0.2) is 40.8 Å². The lowest BCUT2D eigenvalue weighted by Gasteiger charge is -2.15. The average Bonchev–Trinajstić information content (AvgIpc) is 3.09. The summed E-state index contributed by atoms with van der Waals surface area (Å²) in [5.41, 5.74) is 1.43. The first-order valence-electron chi connectivity index (χ1n) is 10.8. The van der Waals surface area contributed by atoms with Crippen molar-refractivity contribution in [2.24, 2.45) is 0 Å². The zero-order valence-electron chi connectivity index (χ0n) is 19.2. The molecule has 0 unspecified atom stereocenters. The highest BCUT2D eigenvalue weighted by molar-refractivity contribution is 6.48. The lowest BCUT2D eigenvalue weighted by molar-refractivity contribution is -0.138. The molecule has 3 amide bonds.